The second-order valence-electron chi connectivity index (χ2n) is 3.64. The number of hydrogen-bond donors (Lipinski definition) is 3. The fourth-order valence-electron chi connectivity index (χ4n) is 1.51. The van der Waals surface area contributed by atoms with Crippen molar-refractivity contribution < 1.29 is 5.21 Å². The van der Waals surface area contributed by atoms with Crippen molar-refractivity contribution in [1.82, 2.24) is 5.48 Å². The van der Waals surface area contributed by atoms with Crippen molar-refractivity contribution in [2.75, 3.05) is 0 Å². The summed E-state index contributed by atoms with van der Waals surface area (Å²) in [5.41, 5.74) is 3.23. The van der Waals surface area contributed by atoms with E-state index in [-0.39, 0.29) is 5.84 Å². The molecular weight excluding hydrogens is 188 g/mol. The van der Waals surface area contributed by atoms with Crippen LogP contribution in [0.4, 0.5) is 0 Å². The SMILES string of the molecule is N=C(CCCCCc1ccccc1)NO. The first-order valence-corrected chi connectivity index (χ1v) is 5.34. The van der Waals surface area contributed by atoms with Gasteiger partial charge in [-0.2, -0.15) is 0 Å². The summed E-state index contributed by atoms with van der Waals surface area (Å²) < 4.78 is 0. The quantitative estimate of drug-likeness (QED) is 0.290. The van der Waals surface area contributed by atoms with E-state index in [4.69, 9.17) is 10.6 Å². The molecule has 0 amide bonds. The average molecular weight is 206 g/mol. The normalized spacial score (nSPS) is 9.93. The van der Waals surface area contributed by atoms with Gasteiger partial charge in [0.05, 0.1) is 0 Å². The molecule has 3 N–H and O–H groups in total. The van der Waals surface area contributed by atoms with Crippen LogP contribution in [0.3, 0.4) is 0 Å². The van der Waals surface area contributed by atoms with Gasteiger partial charge in [0, 0.05) is 6.42 Å². The summed E-state index contributed by atoms with van der Waals surface area (Å²) in [4.78, 5) is 0. The largest absolute Gasteiger partial charge is 0.290 e. The summed E-state index contributed by atoms with van der Waals surface area (Å²) in [5, 5.41) is 15.6. The van der Waals surface area contributed by atoms with E-state index in [1.165, 1.54) is 5.56 Å². The van der Waals surface area contributed by atoms with Crippen molar-refractivity contribution in [3.05, 3.63) is 35.9 Å². The van der Waals surface area contributed by atoms with Gasteiger partial charge in [-0.05, 0) is 24.8 Å². The van der Waals surface area contributed by atoms with E-state index < -0.39 is 0 Å². The zero-order valence-electron chi connectivity index (χ0n) is 8.87. The molecule has 0 aliphatic carbocycles. The smallest absolute Gasteiger partial charge is 0.117 e. The van der Waals surface area contributed by atoms with Gasteiger partial charge in [-0.3, -0.25) is 16.1 Å². The Morgan fingerprint density at radius 1 is 1.13 bits per heavy atom. The van der Waals surface area contributed by atoms with E-state index in [1.54, 1.807) is 0 Å². The number of rotatable bonds is 6. The monoisotopic (exact) mass is 206 g/mol. The number of aryl methyl sites for hydroxylation is 1. The Kier molecular flexibility index (Phi) is 5.48. The van der Waals surface area contributed by atoms with Gasteiger partial charge in [0.2, 0.25) is 0 Å². The van der Waals surface area contributed by atoms with Crippen LogP contribution in [-0.2, 0) is 6.42 Å². The van der Waals surface area contributed by atoms with Gasteiger partial charge in [0.25, 0.3) is 0 Å². The highest BCUT2D eigenvalue weighted by Gasteiger charge is 1.95. The number of amidine groups is 1. The maximum absolute atomic E-state index is 8.39. The molecule has 0 spiro atoms. The standard InChI is InChI=1S/C12H18N2O/c13-12(14-15)10-6-2-5-9-11-7-3-1-4-8-11/h1,3-4,7-8,15H,2,5-6,9-10H2,(H2,13,14). The number of benzene rings is 1. The number of nitrogens with one attached hydrogen (secondary N) is 2. The summed E-state index contributed by atoms with van der Waals surface area (Å²) in [6.45, 7) is 0. The molecule has 0 atom stereocenters. The molecule has 0 fully saturated rings. The van der Waals surface area contributed by atoms with Crippen molar-refractivity contribution >= 4 is 5.84 Å². The highest BCUT2D eigenvalue weighted by atomic mass is 16.5. The van der Waals surface area contributed by atoms with Crippen molar-refractivity contribution in [2.24, 2.45) is 0 Å². The summed E-state index contributed by atoms with van der Waals surface area (Å²) in [6.07, 6.45) is 4.92. The molecule has 1 aromatic carbocycles. The predicted octanol–water partition coefficient (Wildman–Crippen LogP) is 2.75. The molecule has 0 aliphatic rings. The predicted molar refractivity (Wildman–Crippen MR) is 61.3 cm³/mol. The first-order valence-electron chi connectivity index (χ1n) is 5.34. The van der Waals surface area contributed by atoms with Crippen molar-refractivity contribution in [2.45, 2.75) is 32.1 Å². The fourth-order valence-corrected chi connectivity index (χ4v) is 1.51. The van der Waals surface area contributed by atoms with Gasteiger partial charge in [-0.25, -0.2) is 0 Å². The number of hydroxylamine groups is 1. The topological polar surface area (TPSA) is 56.1 Å². The van der Waals surface area contributed by atoms with Crippen LogP contribution in [0.5, 0.6) is 0 Å². The van der Waals surface area contributed by atoms with Crippen molar-refractivity contribution in [1.29, 1.82) is 5.41 Å². The second kappa shape index (κ2) is 7.01. The maximum atomic E-state index is 8.39. The van der Waals surface area contributed by atoms with E-state index in [1.807, 2.05) is 11.5 Å². The Labute approximate surface area is 90.6 Å². The summed E-state index contributed by atoms with van der Waals surface area (Å²) in [6, 6.07) is 10.4. The van der Waals surface area contributed by atoms with Gasteiger partial charge in [-0.15, -0.1) is 0 Å². The van der Waals surface area contributed by atoms with Crippen LogP contribution in [0.2, 0.25) is 0 Å². The van der Waals surface area contributed by atoms with Crippen LogP contribution in [-0.4, -0.2) is 11.0 Å². The molecule has 1 rings (SSSR count). The molecule has 3 heteroatoms. The van der Waals surface area contributed by atoms with E-state index >= 15 is 0 Å². The van der Waals surface area contributed by atoms with E-state index in [9.17, 15) is 0 Å². The first kappa shape index (κ1) is 11.7. The van der Waals surface area contributed by atoms with Crippen LogP contribution in [0.1, 0.15) is 31.2 Å². The Bertz CT molecular complexity index is 285. The molecule has 0 heterocycles. The molecule has 0 unspecified atom stereocenters. The Morgan fingerprint density at radius 2 is 1.87 bits per heavy atom. The van der Waals surface area contributed by atoms with Crippen molar-refractivity contribution in [3.8, 4) is 0 Å². The van der Waals surface area contributed by atoms with Crippen LogP contribution in [0.25, 0.3) is 0 Å². The molecule has 0 aliphatic heterocycles. The number of hydrogen-bond acceptors (Lipinski definition) is 2. The highest BCUT2D eigenvalue weighted by molar-refractivity contribution is 5.77. The van der Waals surface area contributed by atoms with Crippen LogP contribution < -0.4 is 5.48 Å². The molecule has 3 nitrogen and oxygen atoms in total. The zero-order chi connectivity index (χ0) is 10.9. The molecule has 1 aromatic rings. The zero-order valence-corrected chi connectivity index (χ0v) is 8.87. The molecule has 0 saturated heterocycles. The molecule has 0 saturated carbocycles. The van der Waals surface area contributed by atoms with Crippen LogP contribution >= 0.6 is 0 Å². The lowest BCUT2D eigenvalue weighted by molar-refractivity contribution is 0.230. The van der Waals surface area contributed by atoms with Gasteiger partial charge in [-0.1, -0.05) is 36.8 Å². The van der Waals surface area contributed by atoms with Gasteiger partial charge >= 0.3 is 0 Å². The summed E-state index contributed by atoms with van der Waals surface area (Å²) in [5.74, 6) is 0.203. The highest BCUT2D eigenvalue weighted by Crippen LogP contribution is 2.07. The molecule has 0 aromatic heterocycles. The second-order valence-corrected chi connectivity index (χ2v) is 3.64. The minimum Gasteiger partial charge on any atom is -0.290 e. The summed E-state index contributed by atoms with van der Waals surface area (Å²) >= 11 is 0. The van der Waals surface area contributed by atoms with Gasteiger partial charge in [0.1, 0.15) is 5.84 Å². The van der Waals surface area contributed by atoms with Gasteiger partial charge < -0.3 is 0 Å². The number of unbranched alkanes of at least 4 members (excludes halogenated alkanes) is 2. The van der Waals surface area contributed by atoms with E-state index in [2.05, 4.69) is 24.3 Å². The van der Waals surface area contributed by atoms with E-state index in [0.717, 1.165) is 25.7 Å². The first-order chi connectivity index (χ1) is 7.33. The fraction of sp³-hybridized carbons (Fsp3) is 0.417. The average Bonchev–Trinajstić information content (AvgIpc) is 2.29. The third-order valence-electron chi connectivity index (χ3n) is 2.37. The lowest BCUT2D eigenvalue weighted by atomic mass is 10.1. The Balaban J connectivity index is 2.05. The Hall–Kier alpha value is -1.35. The molecule has 0 radical (unpaired) electrons. The van der Waals surface area contributed by atoms with Crippen LogP contribution in [0, 0.1) is 5.41 Å². The molecular formula is C12H18N2O. The Morgan fingerprint density at radius 3 is 2.53 bits per heavy atom. The van der Waals surface area contributed by atoms with Crippen LogP contribution in [0.15, 0.2) is 30.3 Å². The minimum atomic E-state index is 0.203. The third kappa shape index (κ3) is 5.18. The molecule has 0 bridgehead atoms. The van der Waals surface area contributed by atoms with Gasteiger partial charge in [0.15, 0.2) is 0 Å². The lowest BCUT2D eigenvalue weighted by Gasteiger charge is -2.02. The minimum absolute atomic E-state index is 0.203. The summed E-state index contributed by atoms with van der Waals surface area (Å²) in [7, 11) is 0. The lowest BCUT2D eigenvalue weighted by Crippen LogP contribution is -2.16. The van der Waals surface area contributed by atoms with Crippen molar-refractivity contribution in [3.63, 3.8) is 0 Å². The molecule has 15 heavy (non-hydrogen) atoms. The molecule has 82 valence electrons. The van der Waals surface area contributed by atoms with E-state index in [0.29, 0.717) is 6.42 Å². The third-order valence-corrected chi connectivity index (χ3v) is 2.37. The maximum Gasteiger partial charge on any atom is 0.117 e.